The predicted molar refractivity (Wildman–Crippen MR) is 118 cm³/mol. The first kappa shape index (κ1) is 20.8. The lowest BCUT2D eigenvalue weighted by molar-refractivity contribution is -0.137. The fourth-order valence-corrected chi connectivity index (χ4v) is 4.45. The van der Waals surface area contributed by atoms with Crippen LogP contribution in [0.15, 0.2) is 66.7 Å². The minimum atomic E-state index is -4.34. The number of aromatic nitrogens is 2. The summed E-state index contributed by atoms with van der Waals surface area (Å²) in [6.45, 7) is 3.53. The van der Waals surface area contributed by atoms with Crippen LogP contribution in [0.2, 0.25) is 0 Å². The third-order valence-corrected chi connectivity index (χ3v) is 6.18. The molecule has 3 nitrogen and oxygen atoms in total. The smallest absolute Gasteiger partial charge is 0.386 e. The molecule has 1 fully saturated rings. The molecular formula is C26H23F3N2O. The number of imidazole rings is 1. The number of halogens is 3. The number of hydrogen-bond acceptors (Lipinski definition) is 2. The van der Waals surface area contributed by atoms with Gasteiger partial charge in [-0.15, -0.1) is 0 Å². The zero-order valence-corrected chi connectivity index (χ0v) is 17.7. The monoisotopic (exact) mass is 436 g/mol. The molecule has 0 aliphatic heterocycles. The first-order valence-electron chi connectivity index (χ1n) is 10.6. The van der Waals surface area contributed by atoms with Crippen molar-refractivity contribution in [1.29, 1.82) is 0 Å². The molecule has 1 saturated carbocycles. The van der Waals surface area contributed by atoms with Crippen molar-refractivity contribution < 1.29 is 18.3 Å². The molecule has 0 spiro atoms. The second-order valence-electron chi connectivity index (χ2n) is 9.03. The third-order valence-electron chi connectivity index (χ3n) is 6.18. The number of nitrogens with one attached hydrogen (secondary N) is 1. The maximum absolute atomic E-state index is 13.1. The van der Waals surface area contributed by atoms with Gasteiger partial charge in [-0.2, -0.15) is 13.2 Å². The lowest BCUT2D eigenvalue weighted by Crippen LogP contribution is -2.16. The number of aromatic amines is 1. The van der Waals surface area contributed by atoms with E-state index < -0.39 is 17.3 Å². The van der Waals surface area contributed by atoms with Crippen molar-refractivity contribution in [2.75, 3.05) is 0 Å². The van der Waals surface area contributed by atoms with Gasteiger partial charge in [-0.3, -0.25) is 0 Å². The third kappa shape index (κ3) is 3.79. The Morgan fingerprint density at radius 3 is 2.47 bits per heavy atom. The van der Waals surface area contributed by atoms with Crippen LogP contribution in [0.4, 0.5) is 13.2 Å². The van der Waals surface area contributed by atoms with E-state index in [1.165, 1.54) is 12.1 Å². The van der Waals surface area contributed by atoms with Crippen molar-refractivity contribution in [3.05, 3.63) is 89.2 Å². The second-order valence-corrected chi connectivity index (χ2v) is 9.03. The molecule has 4 aromatic rings. The summed E-state index contributed by atoms with van der Waals surface area (Å²) in [5.41, 5.74) is 3.56. The Morgan fingerprint density at radius 1 is 0.938 bits per heavy atom. The maximum atomic E-state index is 13.1. The Hall–Kier alpha value is -3.12. The number of nitrogens with zero attached hydrogens (tertiary/aromatic N) is 1. The van der Waals surface area contributed by atoms with Gasteiger partial charge in [0.1, 0.15) is 5.82 Å². The topological polar surface area (TPSA) is 48.9 Å². The second kappa shape index (κ2) is 7.20. The average Bonchev–Trinajstić information content (AvgIpc) is 3.44. The van der Waals surface area contributed by atoms with Crippen LogP contribution >= 0.6 is 0 Å². The summed E-state index contributed by atoms with van der Waals surface area (Å²) in [5, 5.41) is 10.5. The molecule has 2 unspecified atom stereocenters. The van der Waals surface area contributed by atoms with Crippen molar-refractivity contribution >= 4 is 11.0 Å². The standard InChI is InChI=1S/C26H23F3N2O/c1-25(2,32)21-9-4-3-8-18(21)16-10-11-22-23(13-16)31-24(30-22)20-14-19(20)15-6-5-7-17(12-15)26(27,28)29/h3-13,19-20,32H,14H2,1-2H3,(H,30,31). The van der Waals surface area contributed by atoms with E-state index in [0.29, 0.717) is 5.56 Å². The van der Waals surface area contributed by atoms with E-state index in [2.05, 4.69) is 4.98 Å². The molecule has 0 amide bonds. The van der Waals surface area contributed by atoms with E-state index in [1.54, 1.807) is 19.9 Å². The first-order valence-corrected chi connectivity index (χ1v) is 10.6. The van der Waals surface area contributed by atoms with Gasteiger partial charge in [0.15, 0.2) is 0 Å². The van der Waals surface area contributed by atoms with Crippen LogP contribution in [0.3, 0.4) is 0 Å². The van der Waals surface area contributed by atoms with Crippen LogP contribution in [0.5, 0.6) is 0 Å². The van der Waals surface area contributed by atoms with E-state index in [-0.39, 0.29) is 11.8 Å². The number of H-pyrrole nitrogens is 1. The highest BCUT2D eigenvalue weighted by Gasteiger charge is 2.42. The highest BCUT2D eigenvalue weighted by atomic mass is 19.4. The van der Waals surface area contributed by atoms with Crippen LogP contribution in [0, 0.1) is 0 Å². The summed E-state index contributed by atoms with van der Waals surface area (Å²) in [6, 6.07) is 19.3. The van der Waals surface area contributed by atoms with E-state index in [0.717, 1.165) is 46.0 Å². The lowest BCUT2D eigenvalue weighted by atomic mass is 9.89. The van der Waals surface area contributed by atoms with Crippen LogP contribution in [-0.4, -0.2) is 15.1 Å². The van der Waals surface area contributed by atoms with E-state index >= 15 is 0 Å². The van der Waals surface area contributed by atoms with Gasteiger partial charge in [0.05, 0.1) is 22.2 Å². The number of alkyl halides is 3. The van der Waals surface area contributed by atoms with Gasteiger partial charge >= 0.3 is 6.18 Å². The van der Waals surface area contributed by atoms with Gasteiger partial charge < -0.3 is 10.1 Å². The SMILES string of the molecule is CC(C)(O)c1ccccc1-c1ccc2nc(C3CC3c3cccc(C(F)(F)F)c3)[nH]c2c1. The molecule has 0 saturated heterocycles. The van der Waals surface area contributed by atoms with E-state index in [1.807, 2.05) is 42.5 Å². The molecule has 0 bridgehead atoms. The molecule has 0 radical (unpaired) electrons. The zero-order chi connectivity index (χ0) is 22.7. The number of benzene rings is 3. The van der Waals surface area contributed by atoms with Crippen molar-refractivity contribution in [3.63, 3.8) is 0 Å². The van der Waals surface area contributed by atoms with Gasteiger partial charge in [0.2, 0.25) is 0 Å². The number of hydrogen-bond donors (Lipinski definition) is 2. The van der Waals surface area contributed by atoms with Crippen LogP contribution in [0.1, 0.15) is 54.6 Å². The molecule has 1 aliphatic carbocycles. The maximum Gasteiger partial charge on any atom is 0.416 e. The fraction of sp³-hybridized carbons (Fsp3) is 0.269. The summed E-state index contributed by atoms with van der Waals surface area (Å²) >= 11 is 0. The minimum Gasteiger partial charge on any atom is -0.386 e. The number of rotatable bonds is 4. The Morgan fingerprint density at radius 2 is 1.72 bits per heavy atom. The summed E-state index contributed by atoms with van der Waals surface area (Å²) in [4.78, 5) is 8.08. The Labute approximate surface area is 183 Å². The lowest BCUT2D eigenvalue weighted by Gasteiger charge is -2.21. The Balaban J connectivity index is 1.45. The molecule has 1 aliphatic rings. The van der Waals surface area contributed by atoms with Gasteiger partial charge in [0, 0.05) is 5.92 Å². The van der Waals surface area contributed by atoms with Gasteiger partial charge in [-0.25, -0.2) is 4.98 Å². The average molecular weight is 436 g/mol. The van der Waals surface area contributed by atoms with Crippen LogP contribution in [-0.2, 0) is 11.8 Å². The minimum absolute atomic E-state index is 0.0354. The molecule has 5 rings (SSSR count). The van der Waals surface area contributed by atoms with Crippen LogP contribution in [0.25, 0.3) is 22.2 Å². The highest BCUT2D eigenvalue weighted by Crippen LogP contribution is 2.54. The molecule has 2 atom stereocenters. The highest BCUT2D eigenvalue weighted by molar-refractivity contribution is 5.83. The number of aliphatic hydroxyl groups is 1. The molecule has 2 N–H and O–H groups in total. The normalized spacial score (nSPS) is 18.8. The molecule has 32 heavy (non-hydrogen) atoms. The molecule has 1 heterocycles. The zero-order valence-electron chi connectivity index (χ0n) is 17.7. The van der Waals surface area contributed by atoms with Crippen molar-refractivity contribution in [2.24, 2.45) is 0 Å². The predicted octanol–water partition coefficient (Wildman–Crippen LogP) is 6.75. The molecule has 1 aromatic heterocycles. The number of fused-ring (bicyclic) bond motifs is 1. The quantitative estimate of drug-likeness (QED) is 0.372. The summed E-state index contributed by atoms with van der Waals surface area (Å²) in [6.07, 6.45) is -3.56. The molecular weight excluding hydrogens is 413 g/mol. The van der Waals surface area contributed by atoms with E-state index in [9.17, 15) is 18.3 Å². The Kier molecular flexibility index (Phi) is 4.67. The molecule has 6 heteroatoms. The molecule has 164 valence electrons. The summed E-state index contributed by atoms with van der Waals surface area (Å²) in [7, 11) is 0. The van der Waals surface area contributed by atoms with Crippen molar-refractivity contribution in [1.82, 2.24) is 9.97 Å². The summed E-state index contributed by atoms with van der Waals surface area (Å²) < 4.78 is 39.2. The summed E-state index contributed by atoms with van der Waals surface area (Å²) in [5.74, 6) is 0.918. The van der Waals surface area contributed by atoms with E-state index in [4.69, 9.17) is 4.98 Å². The van der Waals surface area contributed by atoms with Gasteiger partial charge in [-0.1, -0.05) is 48.5 Å². The van der Waals surface area contributed by atoms with Gasteiger partial charge in [-0.05, 0) is 66.6 Å². The Bertz CT molecular complexity index is 1300. The van der Waals surface area contributed by atoms with Crippen LogP contribution < -0.4 is 0 Å². The van der Waals surface area contributed by atoms with Gasteiger partial charge in [0.25, 0.3) is 0 Å². The van der Waals surface area contributed by atoms with Crippen molar-refractivity contribution in [2.45, 2.75) is 43.9 Å². The fourth-order valence-electron chi connectivity index (χ4n) is 4.45. The van der Waals surface area contributed by atoms with Crippen molar-refractivity contribution in [3.8, 4) is 11.1 Å². The molecule has 3 aromatic carbocycles. The first-order chi connectivity index (χ1) is 15.1. The largest absolute Gasteiger partial charge is 0.416 e.